The summed E-state index contributed by atoms with van der Waals surface area (Å²) in [6.45, 7) is 15.1. The van der Waals surface area contributed by atoms with Crippen LogP contribution < -0.4 is 0 Å². The van der Waals surface area contributed by atoms with Gasteiger partial charge in [0, 0.05) is 18.7 Å². The van der Waals surface area contributed by atoms with Crippen LogP contribution in [0, 0.1) is 6.92 Å². The summed E-state index contributed by atoms with van der Waals surface area (Å²) in [4.78, 5) is 11.4. The maximum Gasteiger partial charge on any atom is 0.166 e. The number of nitrogens with zero attached hydrogens (tertiary/aromatic N) is 1. The molecule has 0 aromatic carbocycles. The molecular weight excluding hydrogens is 238 g/mol. The fourth-order valence-electron chi connectivity index (χ4n) is 3.19. The minimum Gasteiger partial charge on any atom is -0.379 e. The molecule has 3 heteroatoms. The molecule has 0 fully saturated rings. The summed E-state index contributed by atoms with van der Waals surface area (Å²) in [7, 11) is -1.61. The summed E-state index contributed by atoms with van der Waals surface area (Å²) in [5.74, 6) is -0.0827. The molecule has 0 aliphatic heterocycles. The summed E-state index contributed by atoms with van der Waals surface area (Å²) in [6.07, 6.45) is 5.33. The molecule has 1 radical (unpaired) electrons. The smallest absolute Gasteiger partial charge is 0.166 e. The standard InChI is InChI=1S/C15H26NOSi/c1-7-10-18(12(2)3,13(4)5)16-9-8-15(11-16)14(6)17/h8-9,11-13H,6-7,10H2,1-5H3. The lowest BCUT2D eigenvalue weighted by molar-refractivity contribution is 0.104. The summed E-state index contributed by atoms with van der Waals surface area (Å²) in [5, 5.41) is 0. The van der Waals surface area contributed by atoms with E-state index < -0.39 is 8.24 Å². The lowest BCUT2D eigenvalue weighted by Crippen LogP contribution is -2.48. The summed E-state index contributed by atoms with van der Waals surface area (Å²) in [6, 6.07) is 3.18. The van der Waals surface area contributed by atoms with Crippen molar-refractivity contribution in [2.24, 2.45) is 0 Å². The van der Waals surface area contributed by atoms with Crippen molar-refractivity contribution in [3.8, 4) is 0 Å². The number of carbonyl (C=O) groups excluding carboxylic acids is 1. The predicted molar refractivity (Wildman–Crippen MR) is 80.6 cm³/mol. The molecule has 0 saturated carbocycles. The Morgan fingerprint density at radius 1 is 1.33 bits per heavy atom. The monoisotopic (exact) mass is 264 g/mol. The zero-order chi connectivity index (χ0) is 13.9. The quantitative estimate of drug-likeness (QED) is 0.546. The Labute approximate surface area is 112 Å². The van der Waals surface area contributed by atoms with Crippen LogP contribution in [0.4, 0.5) is 0 Å². The lowest BCUT2D eigenvalue weighted by Gasteiger charge is -2.40. The molecule has 0 bridgehead atoms. The van der Waals surface area contributed by atoms with Crippen LogP contribution in [0.25, 0.3) is 0 Å². The number of rotatable bonds is 6. The van der Waals surface area contributed by atoms with Crippen molar-refractivity contribution in [3.05, 3.63) is 30.9 Å². The number of hydrogen-bond donors (Lipinski definition) is 0. The Bertz CT molecular complexity index is 398. The number of Topliss-reactive ketones (excluding diaryl/α,β-unsaturated/α-hetero) is 1. The molecule has 0 atom stereocenters. The first-order chi connectivity index (χ1) is 8.36. The molecule has 101 valence electrons. The molecule has 1 heterocycles. The van der Waals surface area contributed by atoms with Gasteiger partial charge in [0.25, 0.3) is 0 Å². The highest BCUT2D eigenvalue weighted by molar-refractivity contribution is 6.80. The molecule has 2 nitrogen and oxygen atoms in total. The van der Waals surface area contributed by atoms with Gasteiger partial charge < -0.3 is 4.23 Å². The van der Waals surface area contributed by atoms with Gasteiger partial charge in [0.2, 0.25) is 0 Å². The average molecular weight is 264 g/mol. The van der Waals surface area contributed by atoms with Crippen LogP contribution in [-0.2, 0) is 0 Å². The van der Waals surface area contributed by atoms with E-state index in [1.54, 1.807) is 0 Å². The molecule has 1 rings (SSSR count). The van der Waals surface area contributed by atoms with Gasteiger partial charge >= 0.3 is 0 Å². The molecule has 18 heavy (non-hydrogen) atoms. The van der Waals surface area contributed by atoms with Crippen molar-refractivity contribution in [3.63, 3.8) is 0 Å². The fraction of sp³-hybridized carbons (Fsp3) is 0.600. The Balaban J connectivity index is 3.27. The first kappa shape index (κ1) is 15.2. The van der Waals surface area contributed by atoms with Crippen molar-refractivity contribution in [2.45, 2.75) is 58.2 Å². The normalized spacial score (nSPS) is 12.4. The minimum atomic E-state index is -1.61. The molecule has 0 saturated heterocycles. The van der Waals surface area contributed by atoms with Crippen LogP contribution in [0.15, 0.2) is 18.5 Å². The maximum atomic E-state index is 11.4. The first-order valence-electron chi connectivity index (χ1n) is 6.91. The molecule has 0 spiro atoms. The molecule has 0 unspecified atom stereocenters. The van der Waals surface area contributed by atoms with Gasteiger partial charge in [0.15, 0.2) is 14.0 Å². The van der Waals surface area contributed by atoms with E-state index in [-0.39, 0.29) is 5.78 Å². The maximum absolute atomic E-state index is 11.4. The number of hydrogen-bond acceptors (Lipinski definition) is 1. The van der Waals surface area contributed by atoms with Gasteiger partial charge in [0.05, 0.1) is 0 Å². The Kier molecular flexibility index (Phi) is 4.97. The van der Waals surface area contributed by atoms with Crippen molar-refractivity contribution in [1.82, 2.24) is 4.23 Å². The van der Waals surface area contributed by atoms with Crippen LogP contribution in [-0.4, -0.2) is 18.3 Å². The fourth-order valence-corrected chi connectivity index (χ4v) is 8.66. The largest absolute Gasteiger partial charge is 0.379 e. The third-order valence-corrected chi connectivity index (χ3v) is 10.7. The summed E-state index contributed by atoms with van der Waals surface area (Å²) < 4.78 is 2.38. The van der Waals surface area contributed by atoms with Gasteiger partial charge in [-0.3, -0.25) is 4.79 Å². The van der Waals surface area contributed by atoms with Crippen LogP contribution in [0.5, 0.6) is 0 Å². The lowest BCUT2D eigenvalue weighted by atomic mass is 10.2. The molecule has 0 amide bonds. The van der Waals surface area contributed by atoms with Gasteiger partial charge in [-0.05, 0) is 29.4 Å². The molecule has 1 aromatic rings. The van der Waals surface area contributed by atoms with E-state index in [1.807, 2.05) is 12.3 Å². The summed E-state index contributed by atoms with van der Waals surface area (Å²) >= 11 is 0. The van der Waals surface area contributed by atoms with Gasteiger partial charge in [-0.25, -0.2) is 0 Å². The summed E-state index contributed by atoms with van der Waals surface area (Å²) in [5.41, 5.74) is 2.07. The first-order valence-corrected chi connectivity index (χ1v) is 9.21. The molecule has 1 aromatic heterocycles. The number of ketones is 1. The van der Waals surface area contributed by atoms with E-state index in [0.717, 1.165) is 5.56 Å². The topological polar surface area (TPSA) is 22.0 Å². The molecule has 0 N–H and O–H groups in total. The van der Waals surface area contributed by atoms with Crippen LogP contribution >= 0.6 is 0 Å². The van der Waals surface area contributed by atoms with Gasteiger partial charge in [0.1, 0.15) is 0 Å². The third-order valence-electron chi connectivity index (χ3n) is 4.15. The van der Waals surface area contributed by atoms with Crippen LogP contribution in [0.2, 0.25) is 17.1 Å². The average Bonchev–Trinajstić information content (AvgIpc) is 2.74. The highest BCUT2D eigenvalue weighted by Crippen LogP contribution is 2.38. The van der Waals surface area contributed by atoms with E-state index >= 15 is 0 Å². The molecule has 0 aliphatic rings. The second kappa shape index (κ2) is 5.87. The Morgan fingerprint density at radius 2 is 1.89 bits per heavy atom. The van der Waals surface area contributed by atoms with Crippen LogP contribution in [0.3, 0.4) is 0 Å². The van der Waals surface area contributed by atoms with Gasteiger partial charge in [-0.1, -0.05) is 41.0 Å². The Morgan fingerprint density at radius 3 is 2.22 bits per heavy atom. The molecular formula is C15H26NOSi. The Hall–Kier alpha value is -0.833. The van der Waals surface area contributed by atoms with Gasteiger partial charge in [-0.2, -0.15) is 0 Å². The number of aromatic nitrogens is 1. The molecule has 0 aliphatic carbocycles. The number of carbonyl (C=O) groups is 1. The van der Waals surface area contributed by atoms with E-state index in [0.29, 0.717) is 11.1 Å². The van der Waals surface area contributed by atoms with E-state index in [1.165, 1.54) is 12.5 Å². The minimum absolute atomic E-state index is 0.0827. The van der Waals surface area contributed by atoms with E-state index in [4.69, 9.17) is 0 Å². The van der Waals surface area contributed by atoms with E-state index in [2.05, 4.69) is 52.0 Å². The third kappa shape index (κ3) is 2.61. The second-order valence-corrected chi connectivity index (χ2v) is 11.1. The SMILES string of the molecule is [CH2]C(=O)c1ccn([Si](CCC)(C(C)C)C(C)C)c1. The van der Waals surface area contributed by atoms with Gasteiger partial charge in [-0.15, -0.1) is 0 Å². The van der Waals surface area contributed by atoms with Crippen LogP contribution in [0.1, 0.15) is 51.4 Å². The predicted octanol–water partition coefficient (Wildman–Crippen LogP) is 4.53. The van der Waals surface area contributed by atoms with Crippen molar-refractivity contribution >= 4 is 14.0 Å². The highest BCUT2D eigenvalue weighted by Gasteiger charge is 2.41. The van der Waals surface area contributed by atoms with Crippen molar-refractivity contribution < 1.29 is 4.79 Å². The zero-order valence-corrected chi connectivity index (χ0v) is 13.4. The van der Waals surface area contributed by atoms with Crippen molar-refractivity contribution in [1.29, 1.82) is 0 Å². The zero-order valence-electron chi connectivity index (χ0n) is 12.4. The van der Waals surface area contributed by atoms with Crippen molar-refractivity contribution in [2.75, 3.05) is 0 Å². The second-order valence-electron chi connectivity index (χ2n) is 5.78. The highest BCUT2D eigenvalue weighted by atomic mass is 28.3. The van der Waals surface area contributed by atoms with E-state index in [9.17, 15) is 4.79 Å².